The minimum atomic E-state index is -2.64. The van der Waals surface area contributed by atoms with Crippen molar-refractivity contribution in [1.29, 1.82) is 0 Å². The van der Waals surface area contributed by atoms with Crippen LogP contribution in [0.4, 0.5) is 8.78 Å². The van der Waals surface area contributed by atoms with Gasteiger partial charge in [-0.25, -0.2) is 8.78 Å². The molecule has 0 aromatic rings. The van der Waals surface area contributed by atoms with E-state index in [4.69, 9.17) is 10.5 Å². The highest BCUT2D eigenvalue weighted by Crippen LogP contribution is 2.44. The summed E-state index contributed by atoms with van der Waals surface area (Å²) in [5.41, 5.74) is 4.11. The Morgan fingerprint density at radius 1 is 1.06 bits per heavy atom. The second-order valence-corrected chi connectivity index (χ2v) is 5.20. The highest BCUT2D eigenvalue weighted by Gasteiger charge is 2.53. The summed E-state index contributed by atoms with van der Waals surface area (Å²) in [6.07, 6.45) is 1.02. The van der Waals surface area contributed by atoms with Crippen LogP contribution < -0.4 is 5.73 Å². The Labute approximate surface area is 94.0 Å². The van der Waals surface area contributed by atoms with Gasteiger partial charge >= 0.3 is 0 Å². The molecule has 1 saturated heterocycles. The summed E-state index contributed by atoms with van der Waals surface area (Å²) in [4.78, 5) is 0. The van der Waals surface area contributed by atoms with Crippen molar-refractivity contribution in [2.45, 2.75) is 55.6 Å². The quantitative estimate of drug-likeness (QED) is 0.723. The predicted molar refractivity (Wildman–Crippen MR) is 55.3 cm³/mol. The van der Waals surface area contributed by atoms with E-state index in [0.717, 1.165) is 6.42 Å². The average Bonchev–Trinajstić information content (AvgIpc) is 2.24. The summed E-state index contributed by atoms with van der Waals surface area (Å²) in [6.45, 7) is 0.917. The molecule has 2 rings (SSSR count). The third-order valence-electron chi connectivity index (χ3n) is 4.01. The maximum atomic E-state index is 13.1. The van der Waals surface area contributed by atoms with Crippen LogP contribution >= 0.6 is 0 Å². The van der Waals surface area contributed by atoms with E-state index in [1.165, 1.54) is 0 Å². The molecule has 1 aliphatic heterocycles. The number of halogens is 2. The molecular formula is C11H19F2NO2. The lowest BCUT2D eigenvalue weighted by atomic mass is 9.68. The first-order valence-corrected chi connectivity index (χ1v) is 5.84. The molecule has 3 nitrogen and oxygen atoms in total. The molecule has 0 radical (unpaired) electrons. The Balaban J connectivity index is 2.07. The fourth-order valence-corrected chi connectivity index (χ4v) is 2.71. The van der Waals surface area contributed by atoms with Crippen molar-refractivity contribution in [2.75, 3.05) is 13.2 Å². The molecule has 1 unspecified atom stereocenters. The zero-order chi connectivity index (χ0) is 11.9. The minimum absolute atomic E-state index is 0.0693. The molecule has 16 heavy (non-hydrogen) atoms. The van der Waals surface area contributed by atoms with Crippen molar-refractivity contribution < 1.29 is 18.6 Å². The molecule has 1 saturated carbocycles. The number of rotatable bonds is 1. The van der Waals surface area contributed by atoms with Gasteiger partial charge in [0.25, 0.3) is 0 Å². The van der Waals surface area contributed by atoms with E-state index in [0.29, 0.717) is 13.0 Å². The van der Waals surface area contributed by atoms with Gasteiger partial charge in [-0.15, -0.1) is 0 Å². The van der Waals surface area contributed by atoms with Crippen LogP contribution in [0.3, 0.4) is 0 Å². The normalized spacial score (nSPS) is 38.2. The van der Waals surface area contributed by atoms with Crippen LogP contribution in [-0.4, -0.2) is 35.4 Å². The monoisotopic (exact) mass is 235 g/mol. The van der Waals surface area contributed by atoms with Crippen molar-refractivity contribution in [3.05, 3.63) is 0 Å². The van der Waals surface area contributed by atoms with Gasteiger partial charge in [0.05, 0.1) is 17.7 Å². The SMILES string of the molecule is NC1(C2(O)CCC(F)(F)CC2)CCCOC1. The lowest BCUT2D eigenvalue weighted by Crippen LogP contribution is -2.66. The number of hydrogen-bond donors (Lipinski definition) is 2. The summed E-state index contributed by atoms with van der Waals surface area (Å²) in [5, 5.41) is 10.4. The van der Waals surface area contributed by atoms with Gasteiger partial charge in [0.1, 0.15) is 0 Å². The molecule has 0 aromatic carbocycles. The van der Waals surface area contributed by atoms with Crippen molar-refractivity contribution in [1.82, 2.24) is 0 Å². The average molecular weight is 235 g/mol. The van der Waals surface area contributed by atoms with Gasteiger partial charge < -0.3 is 15.6 Å². The van der Waals surface area contributed by atoms with Crippen LogP contribution in [0.5, 0.6) is 0 Å². The molecule has 5 heteroatoms. The van der Waals surface area contributed by atoms with Gasteiger partial charge in [-0.2, -0.15) is 0 Å². The fraction of sp³-hybridized carbons (Fsp3) is 1.00. The maximum absolute atomic E-state index is 13.1. The fourth-order valence-electron chi connectivity index (χ4n) is 2.71. The first-order chi connectivity index (χ1) is 7.37. The Bertz CT molecular complexity index is 255. The third kappa shape index (κ3) is 2.08. The Morgan fingerprint density at radius 2 is 1.69 bits per heavy atom. The van der Waals surface area contributed by atoms with Crippen LogP contribution in [-0.2, 0) is 4.74 Å². The highest BCUT2D eigenvalue weighted by molar-refractivity contribution is 5.07. The summed E-state index contributed by atoms with van der Waals surface area (Å²) in [5.74, 6) is -2.64. The zero-order valence-corrected chi connectivity index (χ0v) is 9.35. The minimum Gasteiger partial charge on any atom is -0.388 e. The van der Waals surface area contributed by atoms with E-state index >= 15 is 0 Å². The first kappa shape index (κ1) is 12.2. The number of aliphatic hydroxyl groups is 1. The van der Waals surface area contributed by atoms with Crippen molar-refractivity contribution in [3.8, 4) is 0 Å². The second kappa shape index (κ2) is 3.89. The standard InChI is InChI=1S/C11H19F2NO2/c12-11(13)5-3-10(15,4-6-11)9(14)2-1-7-16-8-9/h15H,1-8,14H2. The summed E-state index contributed by atoms with van der Waals surface area (Å²) < 4.78 is 31.4. The molecule has 3 N–H and O–H groups in total. The first-order valence-electron chi connectivity index (χ1n) is 5.84. The van der Waals surface area contributed by atoms with Crippen LogP contribution in [0.1, 0.15) is 38.5 Å². The Morgan fingerprint density at radius 3 is 2.19 bits per heavy atom. The third-order valence-corrected chi connectivity index (χ3v) is 4.01. The Kier molecular flexibility index (Phi) is 2.97. The molecule has 2 fully saturated rings. The molecule has 2 aliphatic rings. The van der Waals surface area contributed by atoms with E-state index in [-0.39, 0.29) is 32.3 Å². The van der Waals surface area contributed by atoms with Gasteiger partial charge in [0, 0.05) is 19.4 Å². The summed E-state index contributed by atoms with van der Waals surface area (Å²) in [6, 6.07) is 0. The van der Waals surface area contributed by atoms with E-state index in [1.807, 2.05) is 0 Å². The molecule has 0 aromatic heterocycles. The predicted octanol–water partition coefficient (Wildman–Crippen LogP) is 1.43. The van der Waals surface area contributed by atoms with Crippen molar-refractivity contribution >= 4 is 0 Å². The van der Waals surface area contributed by atoms with E-state index in [2.05, 4.69) is 0 Å². The van der Waals surface area contributed by atoms with Gasteiger partial charge in [-0.1, -0.05) is 0 Å². The van der Waals surface area contributed by atoms with E-state index in [1.54, 1.807) is 0 Å². The molecule has 94 valence electrons. The van der Waals surface area contributed by atoms with Gasteiger partial charge in [0.2, 0.25) is 5.92 Å². The highest BCUT2D eigenvalue weighted by atomic mass is 19.3. The van der Waals surface area contributed by atoms with Crippen LogP contribution in [0.2, 0.25) is 0 Å². The lowest BCUT2D eigenvalue weighted by Gasteiger charge is -2.49. The second-order valence-electron chi connectivity index (χ2n) is 5.20. The molecule has 1 atom stereocenters. The van der Waals surface area contributed by atoms with Crippen LogP contribution in [0.25, 0.3) is 0 Å². The van der Waals surface area contributed by atoms with Gasteiger partial charge in [-0.05, 0) is 25.7 Å². The largest absolute Gasteiger partial charge is 0.388 e. The van der Waals surface area contributed by atoms with Gasteiger partial charge in [-0.3, -0.25) is 0 Å². The molecular weight excluding hydrogens is 216 g/mol. The molecule has 0 spiro atoms. The van der Waals surface area contributed by atoms with Crippen LogP contribution in [0.15, 0.2) is 0 Å². The van der Waals surface area contributed by atoms with Gasteiger partial charge in [0.15, 0.2) is 0 Å². The van der Waals surface area contributed by atoms with Crippen molar-refractivity contribution in [2.24, 2.45) is 5.73 Å². The molecule has 0 bridgehead atoms. The maximum Gasteiger partial charge on any atom is 0.248 e. The topological polar surface area (TPSA) is 55.5 Å². The van der Waals surface area contributed by atoms with E-state index in [9.17, 15) is 13.9 Å². The molecule has 0 amide bonds. The summed E-state index contributed by atoms with van der Waals surface area (Å²) >= 11 is 0. The number of ether oxygens (including phenoxy) is 1. The van der Waals surface area contributed by atoms with Crippen molar-refractivity contribution in [3.63, 3.8) is 0 Å². The Hall–Kier alpha value is -0.260. The molecule has 1 heterocycles. The zero-order valence-electron chi connectivity index (χ0n) is 9.35. The number of nitrogens with two attached hydrogens (primary N) is 1. The van der Waals surface area contributed by atoms with Crippen LogP contribution in [0, 0.1) is 0 Å². The smallest absolute Gasteiger partial charge is 0.248 e. The van der Waals surface area contributed by atoms with E-state index < -0.39 is 17.1 Å². The summed E-state index contributed by atoms with van der Waals surface area (Å²) in [7, 11) is 0. The number of alkyl halides is 2. The lowest BCUT2D eigenvalue weighted by molar-refractivity contribution is -0.156. The number of hydrogen-bond acceptors (Lipinski definition) is 3. The molecule has 1 aliphatic carbocycles.